The standard InChI is InChI=1S/C33H56O4Si2/c1-23(2)38(24(3)4,25(5)6)36-31-20-16-14-18-29-17-13-15-19-30(29)33(34)35-22-21-32(31)37-39(26(7)8,27(9)10)28(11)12/h13-20,23-28,31-32H,21-22H2,1-12H3/b18-14+,20-16-/t31-,32?/m0/s1. The minimum Gasteiger partial charge on any atom is -0.462 e. The van der Waals surface area contributed by atoms with Crippen molar-refractivity contribution in [1.82, 2.24) is 0 Å². The maximum Gasteiger partial charge on any atom is 0.338 e. The average molecular weight is 573 g/mol. The fourth-order valence-corrected chi connectivity index (χ4v) is 18.5. The van der Waals surface area contributed by atoms with Crippen molar-refractivity contribution in [2.45, 2.75) is 135 Å². The summed E-state index contributed by atoms with van der Waals surface area (Å²) in [4.78, 5) is 13.1. The van der Waals surface area contributed by atoms with E-state index >= 15 is 0 Å². The van der Waals surface area contributed by atoms with Crippen LogP contribution in [0.2, 0.25) is 33.2 Å². The molecule has 1 aliphatic heterocycles. The molecule has 1 heterocycles. The summed E-state index contributed by atoms with van der Waals surface area (Å²) in [6.07, 6.45) is 8.49. The molecule has 1 aromatic rings. The maximum absolute atomic E-state index is 13.1. The van der Waals surface area contributed by atoms with Gasteiger partial charge >= 0.3 is 5.97 Å². The van der Waals surface area contributed by atoms with E-state index in [0.29, 0.717) is 51.8 Å². The van der Waals surface area contributed by atoms with Crippen molar-refractivity contribution in [3.63, 3.8) is 0 Å². The highest BCUT2D eigenvalue weighted by Crippen LogP contribution is 2.46. The van der Waals surface area contributed by atoms with Crippen LogP contribution in [0.1, 0.15) is 105 Å². The zero-order valence-electron chi connectivity index (χ0n) is 26.8. The van der Waals surface area contributed by atoms with Gasteiger partial charge in [0, 0.05) is 6.42 Å². The Kier molecular flexibility index (Phi) is 12.5. The van der Waals surface area contributed by atoms with Gasteiger partial charge in [-0.15, -0.1) is 0 Å². The Labute approximate surface area is 241 Å². The van der Waals surface area contributed by atoms with Crippen molar-refractivity contribution in [3.05, 3.63) is 53.6 Å². The number of carbonyl (C=O) groups is 1. The summed E-state index contributed by atoms with van der Waals surface area (Å²) < 4.78 is 20.8. The second kappa shape index (κ2) is 14.4. The quantitative estimate of drug-likeness (QED) is 0.207. The van der Waals surface area contributed by atoms with Crippen LogP contribution in [0.5, 0.6) is 0 Å². The third kappa shape index (κ3) is 7.43. The van der Waals surface area contributed by atoms with Gasteiger partial charge in [-0.25, -0.2) is 4.79 Å². The van der Waals surface area contributed by atoms with Gasteiger partial charge in [-0.2, -0.15) is 0 Å². The summed E-state index contributed by atoms with van der Waals surface area (Å²) in [6.45, 7) is 28.2. The Morgan fingerprint density at radius 2 is 1.21 bits per heavy atom. The first kappa shape index (κ1) is 33.7. The molecule has 1 aromatic carbocycles. The summed E-state index contributed by atoms with van der Waals surface area (Å²) in [6, 6.07) is 7.62. The van der Waals surface area contributed by atoms with E-state index in [1.807, 2.05) is 36.4 Å². The molecule has 0 saturated heterocycles. The van der Waals surface area contributed by atoms with Crippen LogP contribution >= 0.6 is 0 Å². The third-order valence-electron chi connectivity index (χ3n) is 8.98. The molecule has 2 rings (SSSR count). The van der Waals surface area contributed by atoms with Gasteiger partial charge < -0.3 is 13.6 Å². The van der Waals surface area contributed by atoms with Crippen LogP contribution < -0.4 is 0 Å². The first-order valence-electron chi connectivity index (χ1n) is 15.2. The number of carbonyl (C=O) groups excluding carboxylic acids is 1. The maximum atomic E-state index is 13.1. The normalized spacial score (nSPS) is 21.3. The second-order valence-corrected chi connectivity index (χ2v) is 23.9. The van der Waals surface area contributed by atoms with E-state index in [4.69, 9.17) is 13.6 Å². The van der Waals surface area contributed by atoms with E-state index < -0.39 is 16.6 Å². The van der Waals surface area contributed by atoms with E-state index in [1.54, 1.807) is 0 Å². The van der Waals surface area contributed by atoms with Crippen LogP contribution in [0, 0.1) is 0 Å². The largest absolute Gasteiger partial charge is 0.462 e. The molecular formula is C33H56O4Si2. The summed E-state index contributed by atoms with van der Waals surface area (Å²) in [5.41, 5.74) is 4.15. The molecule has 2 atom stereocenters. The molecule has 39 heavy (non-hydrogen) atoms. The Bertz CT molecular complexity index is 934. The minimum absolute atomic E-state index is 0.195. The van der Waals surface area contributed by atoms with Gasteiger partial charge in [-0.3, -0.25) is 0 Å². The zero-order chi connectivity index (χ0) is 29.5. The molecule has 0 saturated carbocycles. The number of hydrogen-bond acceptors (Lipinski definition) is 4. The number of cyclic esters (lactones) is 1. The molecule has 4 nitrogen and oxygen atoms in total. The molecule has 1 unspecified atom stereocenters. The summed E-state index contributed by atoms with van der Waals surface area (Å²) in [7, 11) is -4.46. The number of ether oxygens (including phenoxy) is 1. The van der Waals surface area contributed by atoms with E-state index in [0.717, 1.165) is 5.56 Å². The number of esters is 1. The number of hydrogen-bond donors (Lipinski definition) is 0. The lowest BCUT2D eigenvalue weighted by Crippen LogP contribution is -2.56. The molecule has 0 radical (unpaired) electrons. The van der Waals surface area contributed by atoms with E-state index in [-0.39, 0.29) is 18.2 Å². The lowest BCUT2D eigenvalue weighted by Gasteiger charge is -2.49. The van der Waals surface area contributed by atoms with Crippen molar-refractivity contribution >= 4 is 28.7 Å². The average Bonchev–Trinajstić information content (AvgIpc) is 2.83. The molecular weight excluding hydrogens is 517 g/mol. The first-order chi connectivity index (χ1) is 18.2. The van der Waals surface area contributed by atoms with Gasteiger partial charge in [-0.05, 0) is 44.9 Å². The Hall–Kier alpha value is -1.48. The predicted molar refractivity (Wildman–Crippen MR) is 171 cm³/mol. The van der Waals surface area contributed by atoms with Crippen molar-refractivity contribution in [3.8, 4) is 0 Å². The van der Waals surface area contributed by atoms with Crippen molar-refractivity contribution in [2.24, 2.45) is 0 Å². The molecule has 0 amide bonds. The molecule has 220 valence electrons. The summed E-state index contributed by atoms with van der Waals surface area (Å²) in [5, 5.41) is 0. The number of rotatable bonds is 10. The Morgan fingerprint density at radius 3 is 1.72 bits per heavy atom. The fourth-order valence-electron chi connectivity index (χ4n) is 7.35. The topological polar surface area (TPSA) is 44.8 Å². The van der Waals surface area contributed by atoms with Gasteiger partial charge in [0.2, 0.25) is 16.6 Å². The van der Waals surface area contributed by atoms with Crippen LogP contribution in [0.4, 0.5) is 0 Å². The van der Waals surface area contributed by atoms with Gasteiger partial charge in [0.1, 0.15) is 0 Å². The van der Waals surface area contributed by atoms with Crippen molar-refractivity contribution in [1.29, 1.82) is 0 Å². The zero-order valence-corrected chi connectivity index (χ0v) is 28.8. The molecule has 0 spiro atoms. The summed E-state index contributed by atoms with van der Waals surface area (Å²) >= 11 is 0. The molecule has 0 fully saturated rings. The van der Waals surface area contributed by atoms with Crippen LogP contribution in [0.25, 0.3) is 6.08 Å². The second-order valence-electron chi connectivity index (χ2n) is 13.1. The highest BCUT2D eigenvalue weighted by Gasteiger charge is 2.50. The smallest absolute Gasteiger partial charge is 0.338 e. The van der Waals surface area contributed by atoms with Gasteiger partial charge in [-0.1, -0.05) is 126 Å². The van der Waals surface area contributed by atoms with E-state index in [1.165, 1.54) is 0 Å². The van der Waals surface area contributed by atoms with Crippen molar-refractivity contribution in [2.75, 3.05) is 6.61 Å². The van der Waals surface area contributed by atoms with E-state index in [2.05, 4.69) is 95.2 Å². The van der Waals surface area contributed by atoms with Gasteiger partial charge in [0.05, 0.1) is 24.4 Å². The van der Waals surface area contributed by atoms with Gasteiger partial charge in [0.15, 0.2) is 0 Å². The highest BCUT2D eigenvalue weighted by atomic mass is 28.4. The SMILES string of the molecule is CC(C)[Si](OC1CCOC(=O)c2ccccc2/C=C/C=C\[C@@H]1O[Si](C(C)C)(C(C)C)C(C)C)(C(C)C)C(C)C. The van der Waals surface area contributed by atoms with Crippen LogP contribution in [0.3, 0.4) is 0 Å². The predicted octanol–water partition coefficient (Wildman–Crippen LogP) is 9.94. The molecule has 0 aliphatic carbocycles. The summed E-state index contributed by atoms with van der Waals surface area (Å²) in [5.74, 6) is -0.286. The number of fused-ring (bicyclic) bond motifs is 1. The minimum atomic E-state index is -2.24. The third-order valence-corrected chi connectivity index (χ3v) is 21.2. The highest BCUT2D eigenvalue weighted by molar-refractivity contribution is 6.78. The lowest BCUT2D eigenvalue weighted by molar-refractivity contribution is 0.0229. The van der Waals surface area contributed by atoms with Gasteiger partial charge in [0.25, 0.3) is 0 Å². The molecule has 0 N–H and O–H groups in total. The molecule has 0 aromatic heterocycles. The monoisotopic (exact) mass is 572 g/mol. The molecule has 6 heteroatoms. The number of benzene rings is 1. The Morgan fingerprint density at radius 1 is 0.718 bits per heavy atom. The lowest BCUT2D eigenvalue weighted by atomic mass is 10.1. The van der Waals surface area contributed by atoms with Crippen LogP contribution in [0.15, 0.2) is 42.5 Å². The Balaban J connectivity index is 2.69. The fraction of sp³-hybridized carbons (Fsp3) is 0.667. The van der Waals surface area contributed by atoms with Crippen molar-refractivity contribution < 1.29 is 18.4 Å². The van der Waals surface area contributed by atoms with Crippen LogP contribution in [-0.2, 0) is 13.6 Å². The van der Waals surface area contributed by atoms with Crippen LogP contribution in [-0.4, -0.2) is 41.4 Å². The van der Waals surface area contributed by atoms with E-state index in [9.17, 15) is 4.79 Å². The molecule has 1 aliphatic rings. The first-order valence-corrected chi connectivity index (χ1v) is 19.5. The molecule has 0 bridgehead atoms. The number of allylic oxidation sites excluding steroid dienone is 2.